The van der Waals surface area contributed by atoms with E-state index in [4.69, 9.17) is 23.2 Å². The van der Waals surface area contributed by atoms with Crippen LogP contribution >= 0.6 is 23.2 Å². The van der Waals surface area contributed by atoms with Crippen LogP contribution in [-0.2, 0) is 26.2 Å². The molecule has 0 bridgehead atoms. The van der Waals surface area contributed by atoms with E-state index >= 15 is 0 Å². The maximum atomic E-state index is 13.3. The molecule has 34 heavy (non-hydrogen) atoms. The molecule has 2 amide bonds. The van der Waals surface area contributed by atoms with Crippen LogP contribution in [0.3, 0.4) is 0 Å². The van der Waals surface area contributed by atoms with Gasteiger partial charge < -0.3 is 10.2 Å². The first kappa shape index (κ1) is 26.5. The molecule has 0 unspecified atom stereocenters. The van der Waals surface area contributed by atoms with Crippen molar-refractivity contribution in [2.45, 2.75) is 56.1 Å². The van der Waals surface area contributed by atoms with Gasteiger partial charge in [-0.1, -0.05) is 48.2 Å². The Labute approximate surface area is 211 Å². The van der Waals surface area contributed by atoms with Gasteiger partial charge in [0.15, 0.2) is 0 Å². The van der Waals surface area contributed by atoms with Gasteiger partial charge >= 0.3 is 0 Å². The second-order valence-corrected chi connectivity index (χ2v) is 11.4. The molecular formula is C24H29Cl2N3O4S. The first-order valence-electron chi connectivity index (χ1n) is 11.1. The van der Waals surface area contributed by atoms with Crippen LogP contribution in [0.15, 0.2) is 53.4 Å². The van der Waals surface area contributed by atoms with Crippen molar-refractivity contribution in [2.75, 3.05) is 13.6 Å². The number of hydrogen-bond donors (Lipinski definition) is 1. The van der Waals surface area contributed by atoms with Crippen molar-refractivity contribution >= 4 is 45.0 Å². The molecule has 0 spiro atoms. The lowest BCUT2D eigenvalue weighted by Crippen LogP contribution is -2.52. The van der Waals surface area contributed by atoms with Gasteiger partial charge in [0, 0.05) is 29.7 Å². The van der Waals surface area contributed by atoms with Gasteiger partial charge in [-0.3, -0.25) is 9.59 Å². The molecule has 184 valence electrons. The fraction of sp³-hybridized carbons (Fsp3) is 0.417. The number of likely N-dealkylation sites (N-methyl/N-ethyl adjacent to an activating group) is 1. The van der Waals surface area contributed by atoms with E-state index in [9.17, 15) is 18.0 Å². The first-order chi connectivity index (χ1) is 16.1. The second-order valence-electron chi connectivity index (χ2n) is 8.53. The molecule has 1 N–H and O–H groups in total. The van der Waals surface area contributed by atoms with Crippen LogP contribution in [-0.4, -0.2) is 55.1 Å². The highest BCUT2D eigenvalue weighted by molar-refractivity contribution is 7.89. The minimum absolute atomic E-state index is 0.0310. The highest BCUT2D eigenvalue weighted by Crippen LogP contribution is 2.20. The molecule has 0 saturated heterocycles. The van der Waals surface area contributed by atoms with Crippen molar-refractivity contribution in [1.29, 1.82) is 0 Å². The van der Waals surface area contributed by atoms with Crippen molar-refractivity contribution in [3.05, 3.63) is 64.1 Å². The Bertz CT molecular complexity index is 1100. The predicted molar refractivity (Wildman–Crippen MR) is 133 cm³/mol. The normalized spacial score (nSPS) is 15.3. The fourth-order valence-electron chi connectivity index (χ4n) is 3.91. The number of carbonyl (C=O) groups excluding carboxylic acids is 2. The average Bonchev–Trinajstić information content (AvgIpc) is 3.31. The SMILES string of the molecule is C[C@@H](C(=O)NC1CCCC1)N(Cc1ccc(Cl)cc1)C(=O)CN(C)S(=O)(=O)c1ccc(Cl)cc1. The standard InChI is InChI=1S/C24H29Cl2N3O4S/c1-17(24(31)27-21-5-3-4-6-21)29(15-18-7-9-19(25)10-8-18)23(30)16-28(2)34(32,33)22-13-11-20(26)12-14-22/h7-14,17,21H,3-6,15-16H2,1-2H3,(H,27,31)/t17-/m0/s1. The molecule has 2 aromatic rings. The van der Waals surface area contributed by atoms with Crippen LogP contribution in [0.4, 0.5) is 0 Å². The molecule has 1 atom stereocenters. The highest BCUT2D eigenvalue weighted by Gasteiger charge is 2.31. The Balaban J connectivity index is 1.78. The van der Waals surface area contributed by atoms with Gasteiger partial charge in [-0.25, -0.2) is 8.42 Å². The van der Waals surface area contributed by atoms with Crippen molar-refractivity contribution < 1.29 is 18.0 Å². The van der Waals surface area contributed by atoms with Gasteiger partial charge in [-0.15, -0.1) is 0 Å². The van der Waals surface area contributed by atoms with Crippen molar-refractivity contribution in [3.8, 4) is 0 Å². The lowest BCUT2D eigenvalue weighted by molar-refractivity contribution is -0.140. The number of nitrogens with zero attached hydrogens (tertiary/aromatic N) is 2. The summed E-state index contributed by atoms with van der Waals surface area (Å²) in [5, 5.41) is 3.99. The summed E-state index contributed by atoms with van der Waals surface area (Å²) >= 11 is 11.8. The number of amides is 2. The van der Waals surface area contributed by atoms with E-state index < -0.39 is 28.5 Å². The lowest BCUT2D eigenvalue weighted by atomic mass is 10.1. The summed E-state index contributed by atoms with van der Waals surface area (Å²) in [7, 11) is -2.58. The number of rotatable bonds is 9. The van der Waals surface area contributed by atoms with E-state index in [-0.39, 0.29) is 23.4 Å². The molecule has 1 aliphatic carbocycles. The minimum Gasteiger partial charge on any atom is -0.352 e. The van der Waals surface area contributed by atoms with E-state index in [1.54, 1.807) is 31.2 Å². The Hall–Kier alpha value is -2.13. The van der Waals surface area contributed by atoms with Crippen LogP contribution in [0, 0.1) is 0 Å². The van der Waals surface area contributed by atoms with Crippen molar-refractivity contribution in [1.82, 2.24) is 14.5 Å². The molecule has 0 heterocycles. The van der Waals surface area contributed by atoms with E-state index in [1.165, 1.54) is 36.2 Å². The molecule has 2 aromatic carbocycles. The van der Waals surface area contributed by atoms with Gasteiger partial charge in [-0.05, 0) is 61.7 Å². The summed E-state index contributed by atoms with van der Waals surface area (Å²) in [6.45, 7) is 1.38. The molecule has 0 radical (unpaired) electrons. The summed E-state index contributed by atoms with van der Waals surface area (Å²) in [6.07, 6.45) is 3.98. The Morgan fingerprint density at radius 2 is 1.53 bits per heavy atom. The predicted octanol–water partition coefficient (Wildman–Crippen LogP) is 4.09. The summed E-state index contributed by atoms with van der Waals surface area (Å²) in [5.41, 5.74) is 0.779. The summed E-state index contributed by atoms with van der Waals surface area (Å²) < 4.78 is 26.9. The maximum absolute atomic E-state index is 13.3. The molecule has 0 aromatic heterocycles. The quantitative estimate of drug-likeness (QED) is 0.534. The van der Waals surface area contributed by atoms with E-state index in [0.29, 0.717) is 10.0 Å². The third kappa shape index (κ3) is 6.72. The third-order valence-corrected chi connectivity index (χ3v) is 8.34. The Morgan fingerprint density at radius 3 is 2.09 bits per heavy atom. The zero-order chi connectivity index (χ0) is 24.9. The maximum Gasteiger partial charge on any atom is 0.243 e. The third-order valence-electron chi connectivity index (χ3n) is 6.01. The summed E-state index contributed by atoms with van der Waals surface area (Å²) in [4.78, 5) is 27.7. The van der Waals surface area contributed by atoms with Crippen molar-refractivity contribution in [2.24, 2.45) is 0 Å². The van der Waals surface area contributed by atoms with Crippen LogP contribution in [0.2, 0.25) is 10.0 Å². The number of carbonyl (C=O) groups is 2. The van der Waals surface area contributed by atoms with Crippen molar-refractivity contribution in [3.63, 3.8) is 0 Å². The second kappa shape index (κ2) is 11.5. The number of halogens is 2. The number of hydrogen-bond acceptors (Lipinski definition) is 4. The zero-order valence-corrected chi connectivity index (χ0v) is 21.5. The zero-order valence-electron chi connectivity index (χ0n) is 19.2. The average molecular weight is 526 g/mol. The molecule has 1 saturated carbocycles. The van der Waals surface area contributed by atoms with E-state index in [1.807, 2.05) is 0 Å². The smallest absolute Gasteiger partial charge is 0.243 e. The van der Waals surface area contributed by atoms with Gasteiger partial charge in [0.25, 0.3) is 0 Å². The fourth-order valence-corrected chi connectivity index (χ4v) is 5.29. The van der Waals surface area contributed by atoms with Crippen LogP contribution in [0.1, 0.15) is 38.2 Å². The molecule has 7 nitrogen and oxygen atoms in total. The van der Waals surface area contributed by atoms with E-state index in [0.717, 1.165) is 35.6 Å². The Morgan fingerprint density at radius 1 is 1.00 bits per heavy atom. The molecule has 3 rings (SSSR count). The largest absolute Gasteiger partial charge is 0.352 e. The van der Waals surface area contributed by atoms with Crippen LogP contribution in [0.25, 0.3) is 0 Å². The Kier molecular flexibility index (Phi) is 8.98. The summed E-state index contributed by atoms with van der Waals surface area (Å²) in [6, 6.07) is 12.0. The molecule has 1 aliphatic rings. The van der Waals surface area contributed by atoms with Gasteiger partial charge in [-0.2, -0.15) is 4.31 Å². The van der Waals surface area contributed by atoms with Crippen LogP contribution < -0.4 is 5.32 Å². The monoisotopic (exact) mass is 525 g/mol. The molecule has 10 heteroatoms. The summed E-state index contributed by atoms with van der Waals surface area (Å²) in [5.74, 6) is -0.735. The number of nitrogens with one attached hydrogen (secondary N) is 1. The van der Waals surface area contributed by atoms with Gasteiger partial charge in [0.2, 0.25) is 21.8 Å². The number of benzene rings is 2. The van der Waals surface area contributed by atoms with E-state index in [2.05, 4.69) is 5.32 Å². The molecule has 1 fully saturated rings. The first-order valence-corrected chi connectivity index (χ1v) is 13.3. The highest BCUT2D eigenvalue weighted by atomic mass is 35.5. The van der Waals surface area contributed by atoms with Gasteiger partial charge in [0.05, 0.1) is 11.4 Å². The van der Waals surface area contributed by atoms with Crippen LogP contribution in [0.5, 0.6) is 0 Å². The molecule has 0 aliphatic heterocycles. The molecular weight excluding hydrogens is 497 g/mol. The number of sulfonamides is 1. The van der Waals surface area contributed by atoms with Gasteiger partial charge in [0.1, 0.15) is 6.04 Å². The lowest BCUT2D eigenvalue weighted by Gasteiger charge is -2.31. The minimum atomic E-state index is -3.92. The topological polar surface area (TPSA) is 86.8 Å².